The molecule has 0 spiro atoms. The molecule has 0 aromatic rings. The van der Waals surface area contributed by atoms with Crippen molar-refractivity contribution in [2.24, 2.45) is 17.3 Å². The van der Waals surface area contributed by atoms with Crippen LogP contribution in [0.1, 0.15) is 79.1 Å². The highest BCUT2D eigenvalue weighted by molar-refractivity contribution is 4.86. The van der Waals surface area contributed by atoms with Crippen LogP contribution in [-0.2, 0) is 0 Å². The van der Waals surface area contributed by atoms with E-state index in [1.807, 2.05) is 0 Å². The second-order valence-corrected chi connectivity index (χ2v) is 7.92. The van der Waals surface area contributed by atoms with Crippen LogP contribution in [-0.4, -0.2) is 12.6 Å². The SMILES string of the molecule is C=CCCCCCC1CC(C)(C)CCC1CNC(C)C. The number of hydrogen-bond acceptors (Lipinski definition) is 1. The maximum absolute atomic E-state index is 3.81. The van der Waals surface area contributed by atoms with Crippen molar-refractivity contribution in [1.82, 2.24) is 5.32 Å². The summed E-state index contributed by atoms with van der Waals surface area (Å²) in [7, 11) is 0. The van der Waals surface area contributed by atoms with Crippen LogP contribution < -0.4 is 5.32 Å². The van der Waals surface area contributed by atoms with E-state index in [1.165, 1.54) is 57.9 Å². The minimum Gasteiger partial charge on any atom is -0.314 e. The molecule has 0 radical (unpaired) electrons. The first-order valence-electron chi connectivity index (χ1n) is 8.79. The average Bonchev–Trinajstić information content (AvgIpc) is 2.36. The van der Waals surface area contributed by atoms with Crippen LogP contribution >= 0.6 is 0 Å². The standard InChI is InChI=1S/C19H37N/c1-6-7-8-9-10-11-17-14-19(4,5)13-12-18(17)15-20-16(2)3/h6,16-18,20H,1,7-15H2,2-5H3. The summed E-state index contributed by atoms with van der Waals surface area (Å²) in [6.07, 6.45) is 13.1. The average molecular weight is 280 g/mol. The van der Waals surface area contributed by atoms with Gasteiger partial charge in [-0.05, 0) is 55.9 Å². The molecule has 1 aliphatic rings. The Morgan fingerprint density at radius 3 is 2.60 bits per heavy atom. The summed E-state index contributed by atoms with van der Waals surface area (Å²) in [4.78, 5) is 0. The molecular weight excluding hydrogens is 242 g/mol. The van der Waals surface area contributed by atoms with Crippen LogP contribution in [0.15, 0.2) is 12.7 Å². The first-order valence-corrected chi connectivity index (χ1v) is 8.79. The maximum Gasteiger partial charge on any atom is 0.00104 e. The minimum absolute atomic E-state index is 0.570. The predicted octanol–water partition coefficient (Wildman–Crippen LogP) is 5.56. The predicted molar refractivity (Wildman–Crippen MR) is 91.0 cm³/mol. The third kappa shape index (κ3) is 6.92. The van der Waals surface area contributed by atoms with E-state index in [4.69, 9.17) is 0 Å². The van der Waals surface area contributed by atoms with Gasteiger partial charge in [0, 0.05) is 6.04 Å². The molecule has 2 atom stereocenters. The number of unbranched alkanes of at least 4 members (excludes halogenated alkanes) is 3. The van der Waals surface area contributed by atoms with E-state index in [1.54, 1.807) is 0 Å². The van der Waals surface area contributed by atoms with Crippen molar-refractivity contribution in [2.75, 3.05) is 6.54 Å². The van der Waals surface area contributed by atoms with Gasteiger partial charge in [0.15, 0.2) is 0 Å². The van der Waals surface area contributed by atoms with Crippen molar-refractivity contribution in [3.8, 4) is 0 Å². The summed E-state index contributed by atoms with van der Waals surface area (Å²) in [6, 6.07) is 0.623. The Hall–Kier alpha value is -0.300. The first-order chi connectivity index (χ1) is 9.44. The van der Waals surface area contributed by atoms with Crippen molar-refractivity contribution >= 4 is 0 Å². The molecular formula is C19H37N. The summed E-state index contributed by atoms with van der Waals surface area (Å²) in [5.41, 5.74) is 0.570. The van der Waals surface area contributed by atoms with Gasteiger partial charge in [0.05, 0.1) is 0 Å². The molecule has 2 unspecified atom stereocenters. The Labute approximate surface area is 127 Å². The number of allylic oxidation sites excluding steroid dienone is 1. The van der Waals surface area contributed by atoms with Gasteiger partial charge in [0.2, 0.25) is 0 Å². The van der Waals surface area contributed by atoms with E-state index in [0.717, 1.165) is 11.8 Å². The third-order valence-corrected chi connectivity index (χ3v) is 4.94. The van der Waals surface area contributed by atoms with Crippen LogP contribution in [0.5, 0.6) is 0 Å². The molecule has 1 nitrogen and oxygen atoms in total. The molecule has 1 saturated carbocycles. The second-order valence-electron chi connectivity index (χ2n) is 7.92. The van der Waals surface area contributed by atoms with Crippen LogP contribution in [0.3, 0.4) is 0 Å². The fraction of sp³-hybridized carbons (Fsp3) is 0.895. The fourth-order valence-corrected chi connectivity index (χ4v) is 3.66. The monoisotopic (exact) mass is 279 g/mol. The van der Waals surface area contributed by atoms with Crippen molar-refractivity contribution in [2.45, 2.75) is 85.1 Å². The van der Waals surface area contributed by atoms with Gasteiger partial charge in [-0.2, -0.15) is 0 Å². The Morgan fingerprint density at radius 2 is 1.95 bits per heavy atom. The zero-order chi connectivity index (χ0) is 15.0. The Morgan fingerprint density at radius 1 is 1.20 bits per heavy atom. The Kier molecular flexibility index (Phi) is 7.87. The summed E-state index contributed by atoms with van der Waals surface area (Å²) in [5.74, 6) is 1.85. The molecule has 0 amide bonds. The van der Waals surface area contributed by atoms with Crippen molar-refractivity contribution in [1.29, 1.82) is 0 Å². The number of hydrogen-bond donors (Lipinski definition) is 1. The number of nitrogens with one attached hydrogen (secondary N) is 1. The lowest BCUT2D eigenvalue weighted by atomic mass is 9.66. The van der Waals surface area contributed by atoms with Gasteiger partial charge in [-0.3, -0.25) is 0 Å². The summed E-state index contributed by atoms with van der Waals surface area (Å²) < 4.78 is 0. The summed E-state index contributed by atoms with van der Waals surface area (Å²) in [6.45, 7) is 14.5. The summed E-state index contributed by atoms with van der Waals surface area (Å²) in [5, 5.41) is 3.67. The van der Waals surface area contributed by atoms with E-state index < -0.39 is 0 Å². The van der Waals surface area contributed by atoms with Gasteiger partial charge in [0.1, 0.15) is 0 Å². The molecule has 1 aliphatic carbocycles. The van der Waals surface area contributed by atoms with E-state index in [9.17, 15) is 0 Å². The number of rotatable bonds is 9. The first kappa shape index (κ1) is 17.8. The lowest BCUT2D eigenvalue weighted by Crippen LogP contribution is -2.38. The molecule has 1 heteroatoms. The smallest absolute Gasteiger partial charge is 0.00104 e. The Balaban J connectivity index is 2.39. The highest BCUT2D eigenvalue weighted by atomic mass is 14.9. The maximum atomic E-state index is 3.81. The molecule has 1 rings (SSSR count). The zero-order valence-corrected chi connectivity index (χ0v) is 14.4. The van der Waals surface area contributed by atoms with Gasteiger partial charge in [-0.15, -0.1) is 6.58 Å². The van der Waals surface area contributed by atoms with Gasteiger partial charge >= 0.3 is 0 Å². The molecule has 0 aromatic heterocycles. The normalized spacial score (nSPS) is 25.9. The lowest BCUT2D eigenvalue weighted by Gasteiger charge is -2.41. The van der Waals surface area contributed by atoms with Gasteiger partial charge in [-0.1, -0.05) is 53.0 Å². The van der Waals surface area contributed by atoms with E-state index in [-0.39, 0.29) is 0 Å². The van der Waals surface area contributed by atoms with Crippen molar-refractivity contribution < 1.29 is 0 Å². The van der Waals surface area contributed by atoms with E-state index in [0.29, 0.717) is 11.5 Å². The third-order valence-electron chi connectivity index (χ3n) is 4.94. The summed E-state index contributed by atoms with van der Waals surface area (Å²) >= 11 is 0. The molecule has 0 saturated heterocycles. The second kappa shape index (κ2) is 8.87. The molecule has 1 fully saturated rings. The highest BCUT2D eigenvalue weighted by Gasteiger charge is 2.34. The highest BCUT2D eigenvalue weighted by Crippen LogP contribution is 2.43. The molecule has 20 heavy (non-hydrogen) atoms. The Bertz CT molecular complexity index is 265. The zero-order valence-electron chi connectivity index (χ0n) is 14.4. The quantitative estimate of drug-likeness (QED) is 0.430. The molecule has 0 bridgehead atoms. The van der Waals surface area contributed by atoms with Crippen LogP contribution in [0.4, 0.5) is 0 Å². The topological polar surface area (TPSA) is 12.0 Å². The van der Waals surface area contributed by atoms with Gasteiger partial charge in [0.25, 0.3) is 0 Å². The molecule has 0 aromatic carbocycles. The minimum atomic E-state index is 0.570. The van der Waals surface area contributed by atoms with Crippen LogP contribution in [0.25, 0.3) is 0 Å². The molecule has 1 N–H and O–H groups in total. The molecule has 118 valence electrons. The van der Waals surface area contributed by atoms with Crippen LogP contribution in [0.2, 0.25) is 0 Å². The molecule has 0 aliphatic heterocycles. The van der Waals surface area contributed by atoms with E-state index >= 15 is 0 Å². The lowest BCUT2D eigenvalue weighted by molar-refractivity contribution is 0.106. The van der Waals surface area contributed by atoms with Gasteiger partial charge < -0.3 is 5.32 Å². The largest absolute Gasteiger partial charge is 0.314 e. The van der Waals surface area contributed by atoms with Gasteiger partial charge in [-0.25, -0.2) is 0 Å². The van der Waals surface area contributed by atoms with Crippen molar-refractivity contribution in [3.63, 3.8) is 0 Å². The molecule has 0 heterocycles. The van der Waals surface area contributed by atoms with Crippen molar-refractivity contribution in [3.05, 3.63) is 12.7 Å². The fourth-order valence-electron chi connectivity index (χ4n) is 3.66. The van der Waals surface area contributed by atoms with E-state index in [2.05, 4.69) is 45.7 Å². The van der Waals surface area contributed by atoms with Crippen LogP contribution in [0, 0.1) is 17.3 Å².